The standard InChI is InChI=1S/C53H60FN5O7S2/c1-34-48(67-33-56-34)37-11-9-35(10-12-37)30-55-51(62)44-7-5-24-59(44)52(63)50(53(2,3)4)57-46(61)8-6-27-64-32-36-23-25-58(31-36)26-28-65-41-18-20-42(21-19-41)66-47-43-22-17-40(60)29-45(43)68-49(47)38-13-15-39(54)16-14-38/h9-22,29,33,36,44,50,60H,5-8,23-28,30-32H2,1-4H3,(H,55,62)(H,57,61)/t36?,44-,50?/m0/s1. The number of carbonyl (C=O) groups excluding carboxylic acids is 3. The largest absolute Gasteiger partial charge is 0.508 e. The number of carbonyl (C=O) groups is 3. The number of nitrogens with zero attached hydrogens (tertiary/aromatic N) is 3. The Hall–Kier alpha value is -5.87. The summed E-state index contributed by atoms with van der Waals surface area (Å²) in [5, 5.41) is 17.0. The molecule has 15 heteroatoms. The number of phenolic OH excluding ortho intramolecular Hbond substituents is 1. The zero-order chi connectivity index (χ0) is 47.8. The summed E-state index contributed by atoms with van der Waals surface area (Å²) in [6.45, 7) is 12.9. The van der Waals surface area contributed by atoms with E-state index in [0.29, 0.717) is 63.2 Å². The lowest BCUT2D eigenvalue weighted by atomic mass is 9.85. The van der Waals surface area contributed by atoms with E-state index in [1.54, 1.807) is 40.5 Å². The van der Waals surface area contributed by atoms with Gasteiger partial charge in [0.1, 0.15) is 41.8 Å². The summed E-state index contributed by atoms with van der Waals surface area (Å²) in [4.78, 5) is 51.0. The van der Waals surface area contributed by atoms with Crippen molar-refractivity contribution in [3.8, 4) is 43.9 Å². The number of thiazole rings is 1. The lowest BCUT2D eigenvalue weighted by Crippen LogP contribution is -2.57. The number of benzene rings is 4. The zero-order valence-electron chi connectivity index (χ0n) is 39.1. The number of fused-ring (bicyclic) bond motifs is 1. The molecular weight excluding hydrogens is 902 g/mol. The van der Waals surface area contributed by atoms with Crippen molar-refractivity contribution in [3.63, 3.8) is 0 Å². The summed E-state index contributed by atoms with van der Waals surface area (Å²) in [7, 11) is 0. The number of phenols is 1. The van der Waals surface area contributed by atoms with Crippen molar-refractivity contribution in [2.24, 2.45) is 11.3 Å². The number of hydrogen-bond donors (Lipinski definition) is 3. The number of aryl methyl sites for hydroxylation is 1. The third-order valence-corrected chi connectivity index (χ3v) is 14.7. The minimum atomic E-state index is -0.771. The van der Waals surface area contributed by atoms with Gasteiger partial charge in [-0.15, -0.1) is 22.7 Å². The van der Waals surface area contributed by atoms with Crippen LogP contribution in [0.2, 0.25) is 0 Å². The third kappa shape index (κ3) is 12.2. The highest BCUT2D eigenvalue weighted by molar-refractivity contribution is 7.22. The Kier molecular flexibility index (Phi) is 15.7. The minimum Gasteiger partial charge on any atom is -0.508 e. The van der Waals surface area contributed by atoms with E-state index < -0.39 is 17.5 Å². The molecule has 4 heterocycles. The summed E-state index contributed by atoms with van der Waals surface area (Å²) in [5.41, 5.74) is 5.16. The molecule has 4 aromatic carbocycles. The van der Waals surface area contributed by atoms with Crippen LogP contribution in [0.5, 0.6) is 23.0 Å². The van der Waals surface area contributed by atoms with Crippen LogP contribution in [-0.2, 0) is 25.7 Å². The number of rotatable bonds is 19. The van der Waals surface area contributed by atoms with E-state index in [1.165, 1.54) is 23.5 Å². The molecular formula is C53H60FN5O7S2. The van der Waals surface area contributed by atoms with Gasteiger partial charge in [-0.3, -0.25) is 19.3 Å². The van der Waals surface area contributed by atoms with E-state index in [-0.39, 0.29) is 35.7 Å². The van der Waals surface area contributed by atoms with Gasteiger partial charge in [0.15, 0.2) is 5.75 Å². The molecule has 6 aromatic rings. The molecule has 2 aliphatic heterocycles. The highest BCUT2D eigenvalue weighted by atomic mass is 32.1. The Balaban J connectivity index is 0.724. The molecule has 12 nitrogen and oxygen atoms in total. The Morgan fingerprint density at radius 2 is 1.65 bits per heavy atom. The number of hydrogen-bond acceptors (Lipinski definition) is 11. The molecule has 0 bridgehead atoms. The van der Waals surface area contributed by atoms with Crippen LogP contribution in [-0.4, -0.2) is 95.7 Å². The minimum absolute atomic E-state index is 0.168. The molecule has 2 aliphatic rings. The number of halogens is 1. The van der Waals surface area contributed by atoms with Gasteiger partial charge in [0, 0.05) is 49.3 Å². The predicted molar refractivity (Wildman–Crippen MR) is 266 cm³/mol. The van der Waals surface area contributed by atoms with Crippen LogP contribution in [0, 0.1) is 24.1 Å². The molecule has 2 unspecified atom stereocenters. The van der Waals surface area contributed by atoms with Crippen molar-refractivity contribution in [1.29, 1.82) is 0 Å². The molecule has 0 saturated carbocycles. The molecule has 2 fully saturated rings. The SMILES string of the molecule is Cc1ncsc1-c1ccc(CNC(=O)[C@@H]2CCCN2C(=O)C(NC(=O)CCCOCC2CCN(CCOc3ccc(Oc4c(-c5ccc(F)cc5)sc5cc(O)ccc45)cc3)C2)C(C)(C)C)cc1. The van der Waals surface area contributed by atoms with Crippen LogP contribution in [0.3, 0.4) is 0 Å². The van der Waals surface area contributed by atoms with Gasteiger partial charge in [-0.05, 0) is 122 Å². The van der Waals surface area contributed by atoms with Gasteiger partial charge in [-0.25, -0.2) is 9.37 Å². The maximum absolute atomic E-state index is 14.0. The first-order chi connectivity index (χ1) is 32.8. The Labute approximate surface area is 405 Å². The normalized spacial score (nSPS) is 16.8. The number of amides is 3. The number of likely N-dealkylation sites (tertiary alicyclic amines) is 2. The molecule has 2 saturated heterocycles. The highest BCUT2D eigenvalue weighted by Crippen LogP contribution is 2.47. The topological polar surface area (TPSA) is 143 Å². The molecule has 0 radical (unpaired) electrons. The quantitative estimate of drug-likeness (QED) is 0.0677. The fourth-order valence-electron chi connectivity index (χ4n) is 8.82. The van der Waals surface area contributed by atoms with Crippen molar-refractivity contribution in [1.82, 2.24) is 25.4 Å². The summed E-state index contributed by atoms with van der Waals surface area (Å²) in [6.07, 6.45) is 3.10. The summed E-state index contributed by atoms with van der Waals surface area (Å²) in [5.74, 6) is 1.64. The van der Waals surface area contributed by atoms with Gasteiger partial charge in [0.2, 0.25) is 17.7 Å². The Morgan fingerprint density at radius 3 is 2.38 bits per heavy atom. The monoisotopic (exact) mass is 961 g/mol. The van der Waals surface area contributed by atoms with E-state index >= 15 is 0 Å². The first-order valence-electron chi connectivity index (χ1n) is 23.4. The van der Waals surface area contributed by atoms with Crippen LogP contribution >= 0.6 is 22.7 Å². The average molecular weight is 962 g/mol. The lowest BCUT2D eigenvalue weighted by molar-refractivity contribution is -0.144. The van der Waals surface area contributed by atoms with Crippen molar-refractivity contribution < 1.29 is 38.1 Å². The maximum Gasteiger partial charge on any atom is 0.246 e. The Morgan fingerprint density at radius 1 is 0.912 bits per heavy atom. The molecule has 8 rings (SSSR count). The van der Waals surface area contributed by atoms with Crippen molar-refractivity contribution in [3.05, 3.63) is 114 Å². The number of thiophene rings is 1. The second-order valence-electron chi connectivity index (χ2n) is 18.7. The molecule has 3 amide bonds. The molecule has 358 valence electrons. The Bertz CT molecular complexity index is 2660. The summed E-state index contributed by atoms with van der Waals surface area (Å²) in [6, 6.07) is 25.7. The summed E-state index contributed by atoms with van der Waals surface area (Å²) >= 11 is 3.08. The molecule has 0 aliphatic carbocycles. The molecule has 3 N–H and O–H groups in total. The van der Waals surface area contributed by atoms with E-state index in [1.807, 2.05) is 87.8 Å². The number of ether oxygens (including phenoxy) is 3. The van der Waals surface area contributed by atoms with Gasteiger partial charge >= 0.3 is 0 Å². The first kappa shape index (κ1) is 48.6. The van der Waals surface area contributed by atoms with Crippen LogP contribution in [0.25, 0.3) is 31.0 Å². The molecule has 68 heavy (non-hydrogen) atoms. The summed E-state index contributed by atoms with van der Waals surface area (Å²) < 4.78 is 33.1. The van der Waals surface area contributed by atoms with E-state index in [0.717, 1.165) is 80.5 Å². The zero-order valence-corrected chi connectivity index (χ0v) is 40.7. The maximum atomic E-state index is 14.0. The smallest absolute Gasteiger partial charge is 0.246 e. The highest BCUT2D eigenvalue weighted by Gasteiger charge is 2.41. The van der Waals surface area contributed by atoms with Crippen molar-refractivity contribution in [2.75, 3.05) is 46.0 Å². The number of aromatic nitrogens is 1. The van der Waals surface area contributed by atoms with Crippen LogP contribution in [0.1, 0.15) is 64.1 Å². The van der Waals surface area contributed by atoms with Crippen molar-refractivity contribution in [2.45, 2.75) is 78.4 Å². The van der Waals surface area contributed by atoms with Gasteiger partial charge < -0.3 is 34.9 Å². The van der Waals surface area contributed by atoms with Crippen LogP contribution in [0.4, 0.5) is 4.39 Å². The lowest BCUT2D eigenvalue weighted by Gasteiger charge is -2.35. The predicted octanol–water partition coefficient (Wildman–Crippen LogP) is 9.97. The van der Waals surface area contributed by atoms with Crippen LogP contribution < -0.4 is 20.1 Å². The second kappa shape index (κ2) is 22.0. The van der Waals surface area contributed by atoms with Gasteiger partial charge in [-0.2, -0.15) is 0 Å². The van der Waals surface area contributed by atoms with Gasteiger partial charge in [-0.1, -0.05) is 57.2 Å². The molecule has 3 atom stereocenters. The van der Waals surface area contributed by atoms with E-state index in [2.05, 4.69) is 20.5 Å². The van der Waals surface area contributed by atoms with Crippen molar-refractivity contribution >= 4 is 50.5 Å². The van der Waals surface area contributed by atoms with Crippen LogP contribution in [0.15, 0.2) is 96.5 Å². The number of aromatic hydroxyl groups is 1. The number of nitrogens with one attached hydrogen (secondary N) is 2. The fourth-order valence-corrected chi connectivity index (χ4v) is 10.8. The van der Waals surface area contributed by atoms with E-state index in [9.17, 15) is 23.9 Å². The second-order valence-corrected chi connectivity index (χ2v) is 20.6. The first-order valence-corrected chi connectivity index (χ1v) is 25.1. The third-order valence-electron chi connectivity index (χ3n) is 12.6. The molecule has 2 aromatic heterocycles. The van der Waals surface area contributed by atoms with E-state index in [4.69, 9.17) is 14.2 Å². The fraction of sp³-hybridized carbons (Fsp3) is 0.396. The average Bonchev–Trinajstić information content (AvgIpc) is 4.16. The van der Waals surface area contributed by atoms with Gasteiger partial charge in [0.05, 0.1) is 27.6 Å². The van der Waals surface area contributed by atoms with Gasteiger partial charge in [0.25, 0.3) is 0 Å². The molecule has 0 spiro atoms.